The van der Waals surface area contributed by atoms with Gasteiger partial charge in [-0.25, -0.2) is 11.6 Å². The summed E-state index contributed by atoms with van der Waals surface area (Å²) in [6.45, 7) is 17.7. The van der Waals surface area contributed by atoms with E-state index in [4.69, 9.17) is 16.3 Å². The van der Waals surface area contributed by atoms with Crippen LogP contribution in [0.3, 0.4) is 0 Å². The summed E-state index contributed by atoms with van der Waals surface area (Å²) in [7, 11) is 1.71. The maximum Gasteiger partial charge on any atom is 0.227 e. The molecule has 0 atom stereocenters. The third kappa shape index (κ3) is 3.33. The number of fused-ring (bicyclic) bond motifs is 1. The first kappa shape index (κ1) is 19.3. The van der Waals surface area contributed by atoms with Gasteiger partial charge in [0.1, 0.15) is 11.4 Å². The van der Waals surface area contributed by atoms with Crippen molar-refractivity contribution in [2.24, 2.45) is 0 Å². The van der Waals surface area contributed by atoms with Gasteiger partial charge >= 0.3 is 0 Å². The number of hydrogen-bond acceptors (Lipinski definition) is 3. The first-order valence-electron chi connectivity index (χ1n) is 10.2. The first-order valence-corrected chi connectivity index (χ1v) is 10.2. The molecule has 1 aliphatic heterocycles. The van der Waals surface area contributed by atoms with Crippen molar-refractivity contribution in [2.75, 3.05) is 25.1 Å². The third-order valence-electron chi connectivity index (χ3n) is 5.98. The number of hydrogen-bond donors (Lipinski definition) is 0. The fourth-order valence-corrected chi connectivity index (χ4v) is 4.58. The minimum atomic E-state index is 0.167. The standard InChI is InChI=1S/C24H28N4O/c1-15-11-20(29-6)12-16(2)23(15)28-14-17(3)22-21(13-18(4)26-24(22)28)27-9-7-19(25-5)8-10-27/h11-14,19H,7-10H2,1-4,6H3. The molecular weight excluding hydrogens is 360 g/mol. The van der Waals surface area contributed by atoms with Crippen LogP contribution < -0.4 is 9.64 Å². The van der Waals surface area contributed by atoms with Crippen molar-refractivity contribution in [1.82, 2.24) is 9.55 Å². The zero-order valence-corrected chi connectivity index (χ0v) is 17.9. The van der Waals surface area contributed by atoms with Crippen LogP contribution in [0.5, 0.6) is 5.75 Å². The van der Waals surface area contributed by atoms with Crippen molar-refractivity contribution in [3.8, 4) is 11.4 Å². The van der Waals surface area contributed by atoms with E-state index in [0.29, 0.717) is 0 Å². The molecule has 0 aliphatic carbocycles. The lowest BCUT2D eigenvalue weighted by Gasteiger charge is -2.30. The van der Waals surface area contributed by atoms with E-state index in [1.807, 2.05) is 0 Å². The third-order valence-corrected chi connectivity index (χ3v) is 5.98. The molecule has 1 saturated heterocycles. The van der Waals surface area contributed by atoms with Gasteiger partial charge in [0.2, 0.25) is 6.04 Å². The van der Waals surface area contributed by atoms with E-state index in [2.05, 4.69) is 66.4 Å². The maximum absolute atomic E-state index is 7.32. The minimum absolute atomic E-state index is 0.167. The van der Waals surface area contributed by atoms with E-state index in [1.54, 1.807) is 7.11 Å². The Morgan fingerprint density at radius 1 is 1.03 bits per heavy atom. The molecule has 3 aromatic rings. The number of ether oxygens (including phenoxy) is 1. The second kappa shape index (κ2) is 7.44. The molecule has 5 nitrogen and oxygen atoms in total. The fraction of sp³-hybridized carbons (Fsp3) is 0.417. The number of piperidine rings is 1. The molecule has 4 rings (SSSR count). The Morgan fingerprint density at radius 3 is 2.28 bits per heavy atom. The Morgan fingerprint density at radius 2 is 1.69 bits per heavy atom. The highest BCUT2D eigenvalue weighted by Gasteiger charge is 2.26. The maximum atomic E-state index is 7.32. The molecule has 0 bridgehead atoms. The van der Waals surface area contributed by atoms with Crippen LogP contribution in [0.2, 0.25) is 0 Å². The summed E-state index contributed by atoms with van der Waals surface area (Å²) in [5, 5.41) is 1.21. The van der Waals surface area contributed by atoms with Gasteiger partial charge in [-0.3, -0.25) is 0 Å². The highest BCUT2D eigenvalue weighted by atomic mass is 16.5. The van der Waals surface area contributed by atoms with Gasteiger partial charge in [0, 0.05) is 48.9 Å². The Labute approximate surface area is 172 Å². The van der Waals surface area contributed by atoms with Gasteiger partial charge in [0.15, 0.2) is 0 Å². The van der Waals surface area contributed by atoms with E-state index < -0.39 is 0 Å². The Balaban J connectivity index is 1.88. The molecule has 0 spiro atoms. The van der Waals surface area contributed by atoms with E-state index in [9.17, 15) is 0 Å². The lowest BCUT2D eigenvalue weighted by molar-refractivity contribution is 0.414. The van der Waals surface area contributed by atoms with Crippen molar-refractivity contribution >= 4 is 16.7 Å². The number of pyridine rings is 1. The number of rotatable bonds is 3. The van der Waals surface area contributed by atoms with Crippen LogP contribution in [0.25, 0.3) is 21.6 Å². The van der Waals surface area contributed by atoms with Gasteiger partial charge in [0.05, 0.1) is 12.8 Å². The van der Waals surface area contributed by atoms with Crippen LogP contribution in [0.1, 0.15) is 35.2 Å². The van der Waals surface area contributed by atoms with Crippen LogP contribution >= 0.6 is 0 Å². The molecule has 150 valence electrons. The molecule has 2 aromatic heterocycles. The zero-order valence-electron chi connectivity index (χ0n) is 17.9. The molecule has 1 aliphatic rings. The Kier molecular flexibility index (Phi) is 4.96. The number of aromatic nitrogens is 2. The van der Waals surface area contributed by atoms with Crippen molar-refractivity contribution in [1.29, 1.82) is 0 Å². The zero-order chi connectivity index (χ0) is 20.7. The van der Waals surface area contributed by atoms with E-state index >= 15 is 0 Å². The van der Waals surface area contributed by atoms with Crippen LogP contribution in [0.4, 0.5) is 5.69 Å². The molecular formula is C24H28N4O. The topological polar surface area (TPSA) is 34.7 Å². The van der Waals surface area contributed by atoms with Crippen LogP contribution in [-0.4, -0.2) is 35.8 Å². The largest absolute Gasteiger partial charge is 0.497 e. The van der Waals surface area contributed by atoms with Gasteiger partial charge in [-0.15, -0.1) is 0 Å². The average molecular weight is 389 g/mol. The Bertz CT molecular complexity index is 1090. The fourth-order valence-electron chi connectivity index (χ4n) is 4.58. The normalized spacial score (nSPS) is 15.0. The van der Waals surface area contributed by atoms with Crippen molar-refractivity contribution < 1.29 is 4.74 Å². The summed E-state index contributed by atoms with van der Waals surface area (Å²) in [5.74, 6) is 0.879. The first-order chi connectivity index (χ1) is 13.9. The molecule has 0 saturated carbocycles. The van der Waals surface area contributed by atoms with E-state index in [0.717, 1.165) is 43.0 Å². The minimum Gasteiger partial charge on any atom is -0.497 e. The smallest absolute Gasteiger partial charge is 0.227 e. The summed E-state index contributed by atoms with van der Waals surface area (Å²) in [4.78, 5) is 11.1. The number of methoxy groups -OCH3 is 1. The van der Waals surface area contributed by atoms with E-state index in [1.165, 1.54) is 33.5 Å². The van der Waals surface area contributed by atoms with Crippen molar-refractivity contribution in [3.63, 3.8) is 0 Å². The average Bonchev–Trinajstić information content (AvgIpc) is 3.02. The van der Waals surface area contributed by atoms with Gasteiger partial charge < -0.3 is 19.0 Å². The summed E-state index contributed by atoms with van der Waals surface area (Å²) in [6, 6.07) is 6.52. The van der Waals surface area contributed by atoms with Crippen LogP contribution in [0, 0.1) is 34.3 Å². The molecule has 3 heterocycles. The number of nitrogens with zero attached hydrogens (tertiary/aromatic N) is 4. The monoisotopic (exact) mass is 388 g/mol. The predicted octanol–water partition coefficient (Wildman–Crippen LogP) is 5.16. The van der Waals surface area contributed by atoms with Gasteiger partial charge in [-0.1, -0.05) is 0 Å². The predicted molar refractivity (Wildman–Crippen MR) is 118 cm³/mol. The molecule has 0 amide bonds. The SMILES string of the molecule is [C-]#[N+]C1CCN(c2cc(C)nc3c2c(C)cn3-c2c(C)cc(OC)cc2C)CC1. The lowest BCUT2D eigenvalue weighted by atomic mass is 10.0. The quantitative estimate of drug-likeness (QED) is 0.582. The molecule has 0 radical (unpaired) electrons. The summed E-state index contributed by atoms with van der Waals surface area (Å²) in [5.41, 5.74) is 7.99. The summed E-state index contributed by atoms with van der Waals surface area (Å²) < 4.78 is 7.68. The lowest BCUT2D eigenvalue weighted by Crippen LogP contribution is -2.35. The highest BCUT2D eigenvalue weighted by molar-refractivity contribution is 5.95. The molecule has 1 fully saturated rings. The van der Waals surface area contributed by atoms with Gasteiger partial charge in [0.25, 0.3) is 0 Å². The summed E-state index contributed by atoms with van der Waals surface area (Å²) >= 11 is 0. The van der Waals surface area contributed by atoms with Crippen LogP contribution in [-0.2, 0) is 0 Å². The molecule has 29 heavy (non-hydrogen) atoms. The number of aryl methyl sites for hydroxylation is 4. The molecule has 0 unspecified atom stereocenters. The van der Waals surface area contributed by atoms with E-state index in [-0.39, 0.29) is 6.04 Å². The van der Waals surface area contributed by atoms with Gasteiger partial charge in [-0.2, -0.15) is 0 Å². The molecule has 1 aromatic carbocycles. The molecule has 0 N–H and O–H groups in total. The number of anilines is 1. The highest BCUT2D eigenvalue weighted by Crippen LogP contribution is 2.36. The van der Waals surface area contributed by atoms with Crippen molar-refractivity contribution in [3.05, 3.63) is 58.2 Å². The van der Waals surface area contributed by atoms with Crippen molar-refractivity contribution in [2.45, 2.75) is 46.6 Å². The molecule has 5 heteroatoms. The second-order valence-corrected chi connectivity index (χ2v) is 8.12. The van der Waals surface area contributed by atoms with Gasteiger partial charge in [-0.05, 0) is 62.6 Å². The Hall–Kier alpha value is -3.00. The number of benzene rings is 1. The van der Waals surface area contributed by atoms with Crippen LogP contribution in [0.15, 0.2) is 24.4 Å². The summed E-state index contributed by atoms with van der Waals surface area (Å²) in [6.07, 6.45) is 4.07. The second-order valence-electron chi connectivity index (χ2n) is 8.12.